The van der Waals surface area contributed by atoms with E-state index in [1.54, 1.807) is 20.8 Å². The van der Waals surface area contributed by atoms with Gasteiger partial charge in [-0.1, -0.05) is 0 Å². The fraction of sp³-hybridized carbons (Fsp3) is 0.824. The van der Waals surface area contributed by atoms with Gasteiger partial charge in [0.15, 0.2) is 0 Å². The van der Waals surface area contributed by atoms with Gasteiger partial charge in [0.2, 0.25) is 11.8 Å². The Morgan fingerprint density at radius 1 is 1.21 bits per heavy atom. The number of hydrogen-bond donors (Lipinski definition) is 2. The highest BCUT2D eigenvalue weighted by Gasteiger charge is 2.34. The number of nitrogens with one attached hydrogen (secondary N) is 2. The summed E-state index contributed by atoms with van der Waals surface area (Å²) in [6.45, 7) is 9.96. The van der Waals surface area contributed by atoms with Crippen LogP contribution in [0.15, 0.2) is 0 Å². The summed E-state index contributed by atoms with van der Waals surface area (Å²) in [6.07, 6.45) is 2.14. The van der Waals surface area contributed by atoms with E-state index in [-0.39, 0.29) is 30.8 Å². The van der Waals surface area contributed by atoms with Crippen LogP contribution in [0.5, 0.6) is 0 Å². The predicted molar refractivity (Wildman–Crippen MR) is 91.5 cm³/mol. The Hall–Kier alpha value is -1.79. The van der Waals surface area contributed by atoms with Gasteiger partial charge in [-0.25, -0.2) is 4.79 Å². The number of likely N-dealkylation sites (tertiary alicyclic amines) is 1. The molecule has 0 radical (unpaired) electrons. The zero-order valence-electron chi connectivity index (χ0n) is 15.5. The molecule has 0 spiro atoms. The summed E-state index contributed by atoms with van der Waals surface area (Å²) in [5.41, 5.74) is -0.593. The van der Waals surface area contributed by atoms with Crippen LogP contribution in [0, 0.1) is 0 Å². The van der Waals surface area contributed by atoms with Crippen molar-refractivity contribution in [1.82, 2.24) is 15.5 Å². The third-order valence-corrected chi connectivity index (χ3v) is 3.53. The molecule has 0 aliphatic carbocycles. The molecule has 0 aromatic carbocycles. The maximum atomic E-state index is 12.4. The van der Waals surface area contributed by atoms with Crippen LogP contribution in [0.4, 0.5) is 4.79 Å². The molecule has 138 valence electrons. The van der Waals surface area contributed by atoms with Gasteiger partial charge in [-0.2, -0.15) is 0 Å². The first-order chi connectivity index (χ1) is 11.1. The smallest absolute Gasteiger partial charge is 0.410 e. The SMILES string of the molecule is CC(C)NC(=O)CCNC(=O)[C@@H]1CCCCN1C(=O)OC(C)(C)C. The lowest BCUT2D eigenvalue weighted by molar-refractivity contribution is -0.127. The van der Waals surface area contributed by atoms with E-state index in [0.29, 0.717) is 13.0 Å². The van der Waals surface area contributed by atoms with Crippen LogP contribution in [0.1, 0.15) is 60.3 Å². The molecule has 3 amide bonds. The Kier molecular flexibility index (Phi) is 7.51. The largest absolute Gasteiger partial charge is 0.444 e. The highest BCUT2D eigenvalue weighted by molar-refractivity contribution is 5.86. The number of carbonyl (C=O) groups excluding carboxylic acids is 3. The normalized spacial score (nSPS) is 18.2. The third-order valence-electron chi connectivity index (χ3n) is 3.53. The summed E-state index contributed by atoms with van der Waals surface area (Å²) in [5, 5.41) is 5.53. The highest BCUT2D eigenvalue weighted by atomic mass is 16.6. The summed E-state index contributed by atoms with van der Waals surface area (Å²) in [7, 11) is 0. The van der Waals surface area contributed by atoms with E-state index in [4.69, 9.17) is 4.74 Å². The second-order valence-corrected chi connectivity index (χ2v) is 7.45. The minimum absolute atomic E-state index is 0.0780. The van der Waals surface area contributed by atoms with Crippen molar-refractivity contribution in [3.05, 3.63) is 0 Å². The highest BCUT2D eigenvalue weighted by Crippen LogP contribution is 2.20. The molecule has 24 heavy (non-hydrogen) atoms. The first-order valence-corrected chi connectivity index (χ1v) is 8.67. The molecule has 0 unspecified atom stereocenters. The molecule has 1 saturated heterocycles. The van der Waals surface area contributed by atoms with E-state index in [9.17, 15) is 14.4 Å². The molecule has 1 aliphatic rings. The number of hydrogen-bond acceptors (Lipinski definition) is 4. The molecule has 0 saturated carbocycles. The standard InChI is InChI=1S/C17H31N3O4/c1-12(2)19-14(21)9-10-18-15(22)13-8-6-7-11-20(13)16(23)24-17(3,4)5/h12-13H,6-11H2,1-5H3,(H,18,22)(H,19,21)/t13-/m0/s1. The first kappa shape index (κ1) is 20.3. The number of nitrogens with zero attached hydrogens (tertiary/aromatic N) is 1. The van der Waals surface area contributed by atoms with Crippen molar-refractivity contribution in [2.45, 2.75) is 78.0 Å². The van der Waals surface area contributed by atoms with E-state index in [0.717, 1.165) is 12.8 Å². The van der Waals surface area contributed by atoms with Gasteiger partial charge in [0.1, 0.15) is 11.6 Å². The lowest BCUT2D eigenvalue weighted by Crippen LogP contribution is -2.53. The van der Waals surface area contributed by atoms with Crippen molar-refractivity contribution in [2.24, 2.45) is 0 Å². The second-order valence-electron chi connectivity index (χ2n) is 7.45. The van der Waals surface area contributed by atoms with Gasteiger partial charge >= 0.3 is 6.09 Å². The number of carbonyl (C=O) groups is 3. The molecule has 0 bridgehead atoms. The quantitative estimate of drug-likeness (QED) is 0.798. The van der Waals surface area contributed by atoms with Crippen LogP contribution in [0.3, 0.4) is 0 Å². The zero-order valence-corrected chi connectivity index (χ0v) is 15.5. The molecule has 0 aromatic rings. The maximum absolute atomic E-state index is 12.4. The van der Waals surface area contributed by atoms with Gasteiger partial charge in [-0.15, -0.1) is 0 Å². The Morgan fingerprint density at radius 3 is 2.46 bits per heavy atom. The van der Waals surface area contributed by atoms with Gasteiger partial charge in [0, 0.05) is 25.6 Å². The van der Waals surface area contributed by atoms with Crippen molar-refractivity contribution in [1.29, 1.82) is 0 Å². The van der Waals surface area contributed by atoms with Crippen LogP contribution in [0.25, 0.3) is 0 Å². The monoisotopic (exact) mass is 341 g/mol. The number of amides is 3. The van der Waals surface area contributed by atoms with Crippen molar-refractivity contribution in [3.63, 3.8) is 0 Å². The summed E-state index contributed by atoms with van der Waals surface area (Å²) in [4.78, 5) is 37.8. The summed E-state index contributed by atoms with van der Waals surface area (Å²) >= 11 is 0. The number of rotatable bonds is 5. The Morgan fingerprint density at radius 2 is 1.88 bits per heavy atom. The van der Waals surface area contributed by atoms with Gasteiger partial charge in [-0.05, 0) is 53.9 Å². The average Bonchev–Trinajstić information content (AvgIpc) is 2.44. The Bertz CT molecular complexity index is 457. The molecular formula is C17H31N3O4. The van der Waals surface area contributed by atoms with Crippen molar-refractivity contribution in [3.8, 4) is 0 Å². The van der Waals surface area contributed by atoms with E-state index in [1.165, 1.54) is 4.90 Å². The van der Waals surface area contributed by atoms with E-state index >= 15 is 0 Å². The van der Waals surface area contributed by atoms with Crippen LogP contribution in [-0.4, -0.2) is 53.6 Å². The first-order valence-electron chi connectivity index (χ1n) is 8.67. The van der Waals surface area contributed by atoms with Gasteiger partial charge in [0.25, 0.3) is 0 Å². The topological polar surface area (TPSA) is 87.7 Å². The minimum atomic E-state index is -0.593. The molecule has 2 N–H and O–H groups in total. The van der Waals surface area contributed by atoms with Crippen LogP contribution in [-0.2, 0) is 14.3 Å². The summed E-state index contributed by atoms with van der Waals surface area (Å²) < 4.78 is 5.39. The van der Waals surface area contributed by atoms with Gasteiger partial charge in [-0.3, -0.25) is 14.5 Å². The number of piperidine rings is 1. The fourth-order valence-electron chi connectivity index (χ4n) is 2.55. The molecular weight excluding hydrogens is 310 g/mol. The molecule has 1 heterocycles. The molecule has 7 nitrogen and oxygen atoms in total. The predicted octanol–water partition coefficient (Wildman–Crippen LogP) is 1.81. The van der Waals surface area contributed by atoms with Crippen LogP contribution in [0.2, 0.25) is 0 Å². The molecule has 1 fully saturated rings. The molecule has 1 aliphatic heterocycles. The van der Waals surface area contributed by atoms with Gasteiger partial charge < -0.3 is 15.4 Å². The summed E-state index contributed by atoms with van der Waals surface area (Å²) in [5.74, 6) is -0.323. The minimum Gasteiger partial charge on any atom is -0.444 e. The van der Waals surface area contributed by atoms with E-state index in [2.05, 4.69) is 10.6 Å². The second kappa shape index (κ2) is 8.89. The Labute approximate surface area is 144 Å². The van der Waals surface area contributed by atoms with Crippen LogP contribution < -0.4 is 10.6 Å². The zero-order chi connectivity index (χ0) is 18.3. The molecule has 1 atom stereocenters. The molecule has 7 heteroatoms. The van der Waals surface area contributed by atoms with Crippen molar-refractivity contribution >= 4 is 17.9 Å². The maximum Gasteiger partial charge on any atom is 0.410 e. The molecule has 0 aromatic heterocycles. The van der Waals surface area contributed by atoms with Crippen molar-refractivity contribution < 1.29 is 19.1 Å². The molecule has 1 rings (SSSR count). The van der Waals surface area contributed by atoms with Crippen molar-refractivity contribution in [2.75, 3.05) is 13.1 Å². The summed E-state index contributed by atoms with van der Waals surface area (Å²) in [6, 6.07) is -0.448. The number of ether oxygens (including phenoxy) is 1. The van der Waals surface area contributed by atoms with E-state index in [1.807, 2.05) is 13.8 Å². The lowest BCUT2D eigenvalue weighted by atomic mass is 10.0. The Balaban J connectivity index is 2.53. The fourth-order valence-corrected chi connectivity index (χ4v) is 2.55. The van der Waals surface area contributed by atoms with E-state index < -0.39 is 17.7 Å². The van der Waals surface area contributed by atoms with Gasteiger partial charge in [0.05, 0.1) is 0 Å². The third kappa shape index (κ3) is 7.19. The van der Waals surface area contributed by atoms with Crippen LogP contribution >= 0.6 is 0 Å². The lowest BCUT2D eigenvalue weighted by Gasteiger charge is -2.35. The average molecular weight is 341 g/mol.